The third-order valence-corrected chi connectivity index (χ3v) is 4.86. The molecule has 3 atom stereocenters. The average Bonchev–Trinajstić information content (AvgIpc) is 2.93. The predicted molar refractivity (Wildman–Crippen MR) is 73.8 cm³/mol. The fourth-order valence-corrected chi connectivity index (χ4v) is 3.44. The Kier molecular flexibility index (Phi) is 4.07. The summed E-state index contributed by atoms with van der Waals surface area (Å²) in [6.07, 6.45) is 0.223. The van der Waals surface area contributed by atoms with E-state index in [-0.39, 0.29) is 17.8 Å². The molecule has 0 bridgehead atoms. The van der Waals surface area contributed by atoms with Gasteiger partial charge < -0.3 is 14.7 Å². The number of thiophene rings is 1. The van der Waals surface area contributed by atoms with Gasteiger partial charge in [0.2, 0.25) is 0 Å². The Balaban J connectivity index is 2.34. The predicted octanol–water partition coefficient (Wildman–Crippen LogP) is 2.32. The number of aliphatic hydroxyl groups excluding tert-OH is 1. The molecule has 1 aliphatic heterocycles. The van der Waals surface area contributed by atoms with Crippen LogP contribution in [0.15, 0.2) is 6.07 Å². The second kappa shape index (κ2) is 5.44. The quantitative estimate of drug-likeness (QED) is 0.679. The van der Waals surface area contributed by atoms with Gasteiger partial charge in [0.15, 0.2) is 5.00 Å². The normalized spacial score (nSPS) is 24.4. The number of anilines is 1. The van der Waals surface area contributed by atoms with Crippen molar-refractivity contribution in [3.05, 3.63) is 21.1 Å². The zero-order valence-corrected chi connectivity index (χ0v) is 12.0. The number of hydrogen-bond donors (Lipinski definition) is 1. The van der Waals surface area contributed by atoms with Crippen LogP contribution in [-0.4, -0.2) is 35.8 Å². The van der Waals surface area contributed by atoms with Crippen LogP contribution >= 0.6 is 11.3 Å². The Morgan fingerprint density at radius 1 is 1.68 bits per heavy atom. The van der Waals surface area contributed by atoms with Gasteiger partial charge in [-0.1, -0.05) is 0 Å². The van der Waals surface area contributed by atoms with Gasteiger partial charge in [-0.3, -0.25) is 10.1 Å². The molecule has 1 fully saturated rings. The third-order valence-electron chi connectivity index (χ3n) is 3.48. The maximum atomic E-state index is 11.1. The molecule has 19 heavy (non-hydrogen) atoms. The molecule has 2 heterocycles. The lowest BCUT2D eigenvalue weighted by Crippen LogP contribution is -2.36. The zero-order chi connectivity index (χ0) is 14.2. The fraction of sp³-hybridized carbons (Fsp3) is 0.667. The minimum atomic E-state index is -0.692. The van der Waals surface area contributed by atoms with Crippen LogP contribution in [0.4, 0.5) is 10.7 Å². The van der Waals surface area contributed by atoms with E-state index in [1.807, 2.05) is 18.9 Å². The minimum Gasteiger partial charge on any atom is -0.388 e. The van der Waals surface area contributed by atoms with Crippen molar-refractivity contribution in [3.63, 3.8) is 0 Å². The Hall–Kier alpha value is -1.18. The van der Waals surface area contributed by atoms with Gasteiger partial charge in [-0.25, -0.2) is 0 Å². The molecule has 1 aromatic rings. The highest BCUT2D eigenvalue weighted by atomic mass is 32.1. The van der Waals surface area contributed by atoms with Gasteiger partial charge in [-0.05, 0) is 20.3 Å². The van der Waals surface area contributed by atoms with Gasteiger partial charge in [0.05, 0.1) is 23.2 Å². The molecule has 0 aromatic carbocycles. The molecule has 106 valence electrons. The first-order valence-electron chi connectivity index (χ1n) is 6.22. The van der Waals surface area contributed by atoms with Crippen molar-refractivity contribution >= 4 is 22.0 Å². The van der Waals surface area contributed by atoms with Gasteiger partial charge in [0.25, 0.3) is 0 Å². The molecule has 6 nitrogen and oxygen atoms in total. The van der Waals surface area contributed by atoms with Crippen molar-refractivity contribution in [1.29, 1.82) is 0 Å². The van der Waals surface area contributed by atoms with Crippen LogP contribution in [0, 0.1) is 10.1 Å². The maximum Gasteiger partial charge on any atom is 0.304 e. The number of hydrogen-bond acceptors (Lipinski definition) is 6. The highest BCUT2D eigenvalue weighted by molar-refractivity contribution is 7.16. The van der Waals surface area contributed by atoms with E-state index in [2.05, 4.69) is 0 Å². The number of aliphatic hydroxyl groups is 1. The number of nitrogens with zero attached hydrogens (tertiary/aromatic N) is 2. The summed E-state index contributed by atoms with van der Waals surface area (Å²) >= 11 is 1.27. The molecule has 1 aromatic heterocycles. The molecule has 1 aliphatic rings. The van der Waals surface area contributed by atoms with Crippen LogP contribution in [0.5, 0.6) is 0 Å². The van der Waals surface area contributed by atoms with Crippen LogP contribution in [0.1, 0.15) is 31.2 Å². The second-order valence-corrected chi connectivity index (χ2v) is 5.88. The summed E-state index contributed by atoms with van der Waals surface area (Å²) < 4.78 is 5.51. The molecule has 0 saturated carbocycles. The maximum absolute atomic E-state index is 11.1. The highest BCUT2D eigenvalue weighted by Crippen LogP contribution is 2.41. The van der Waals surface area contributed by atoms with Crippen LogP contribution < -0.4 is 4.90 Å². The third kappa shape index (κ3) is 2.72. The first-order valence-corrected chi connectivity index (χ1v) is 7.04. The smallest absolute Gasteiger partial charge is 0.304 e. The summed E-state index contributed by atoms with van der Waals surface area (Å²) in [5.74, 6) is 0. The van der Waals surface area contributed by atoms with Crippen molar-refractivity contribution in [1.82, 2.24) is 0 Å². The lowest BCUT2D eigenvalue weighted by molar-refractivity contribution is -0.383. The van der Waals surface area contributed by atoms with Crippen molar-refractivity contribution in [2.24, 2.45) is 0 Å². The van der Waals surface area contributed by atoms with Crippen molar-refractivity contribution < 1.29 is 14.8 Å². The van der Waals surface area contributed by atoms with Crippen molar-refractivity contribution in [3.8, 4) is 0 Å². The topological polar surface area (TPSA) is 75.8 Å². The molecule has 7 heteroatoms. The minimum absolute atomic E-state index is 0.0571. The first-order chi connectivity index (χ1) is 8.91. The lowest BCUT2D eigenvalue weighted by Gasteiger charge is -2.26. The summed E-state index contributed by atoms with van der Waals surface area (Å²) in [6, 6.07) is 1.60. The van der Waals surface area contributed by atoms with E-state index in [0.29, 0.717) is 16.5 Å². The highest BCUT2D eigenvalue weighted by Gasteiger charge is 2.33. The van der Waals surface area contributed by atoms with Crippen LogP contribution in [0.3, 0.4) is 0 Å². The molecule has 0 amide bonds. The van der Waals surface area contributed by atoms with Crippen LogP contribution in [0.25, 0.3) is 0 Å². The Morgan fingerprint density at radius 2 is 2.37 bits per heavy atom. The Bertz CT molecular complexity index is 474. The first kappa shape index (κ1) is 14.2. The van der Waals surface area contributed by atoms with Gasteiger partial charge in [-0.15, -0.1) is 11.3 Å². The van der Waals surface area contributed by atoms with Gasteiger partial charge in [0.1, 0.15) is 0 Å². The number of nitro groups is 1. The SMILES string of the molecule is CC1OCCC1N(C)c1sc([C@H](C)O)cc1[N+](=O)[O-]. The fourth-order valence-electron chi connectivity index (χ4n) is 2.36. The lowest BCUT2D eigenvalue weighted by atomic mass is 10.1. The molecule has 2 unspecified atom stereocenters. The summed E-state index contributed by atoms with van der Waals surface area (Å²) in [4.78, 5) is 13.3. The van der Waals surface area contributed by atoms with Crippen molar-refractivity contribution in [2.45, 2.75) is 38.5 Å². The average molecular weight is 286 g/mol. The molecular weight excluding hydrogens is 268 g/mol. The van der Waals surface area contributed by atoms with Gasteiger partial charge in [0, 0.05) is 24.6 Å². The monoisotopic (exact) mass is 286 g/mol. The van der Waals surface area contributed by atoms with E-state index in [1.54, 1.807) is 6.92 Å². The Morgan fingerprint density at radius 3 is 2.84 bits per heavy atom. The molecule has 0 spiro atoms. The van der Waals surface area contributed by atoms with E-state index in [4.69, 9.17) is 4.74 Å². The second-order valence-electron chi connectivity index (χ2n) is 4.82. The van der Waals surface area contributed by atoms with Gasteiger partial charge >= 0.3 is 5.69 Å². The summed E-state index contributed by atoms with van der Waals surface area (Å²) in [5, 5.41) is 21.3. The molecule has 0 aliphatic carbocycles. The number of rotatable bonds is 4. The summed E-state index contributed by atoms with van der Waals surface area (Å²) in [5.41, 5.74) is 0.0579. The van der Waals surface area contributed by atoms with E-state index < -0.39 is 11.0 Å². The molecule has 1 saturated heterocycles. The molecular formula is C12H18N2O4S. The standard InChI is InChI=1S/C12H18N2O4S/c1-7(15)11-6-10(14(16)17)12(19-11)13(3)9-4-5-18-8(9)2/h6-9,15H,4-5H2,1-3H3/t7-,8?,9?/m0/s1. The molecule has 0 radical (unpaired) electrons. The zero-order valence-electron chi connectivity index (χ0n) is 11.2. The van der Waals surface area contributed by atoms with E-state index in [1.165, 1.54) is 17.4 Å². The van der Waals surface area contributed by atoms with Crippen molar-refractivity contribution in [2.75, 3.05) is 18.6 Å². The van der Waals surface area contributed by atoms with E-state index >= 15 is 0 Å². The summed E-state index contributed by atoms with van der Waals surface area (Å²) in [7, 11) is 1.85. The van der Waals surface area contributed by atoms with E-state index in [9.17, 15) is 15.2 Å². The Labute approximate surface area is 115 Å². The van der Waals surface area contributed by atoms with Crippen LogP contribution in [-0.2, 0) is 4.74 Å². The largest absolute Gasteiger partial charge is 0.388 e. The molecule has 1 N–H and O–H groups in total. The summed E-state index contributed by atoms with van der Waals surface area (Å²) in [6.45, 7) is 4.27. The van der Waals surface area contributed by atoms with E-state index in [0.717, 1.165) is 6.42 Å². The number of likely N-dealkylation sites (N-methyl/N-ethyl adjacent to an activating group) is 1. The van der Waals surface area contributed by atoms with Crippen LogP contribution in [0.2, 0.25) is 0 Å². The van der Waals surface area contributed by atoms with Gasteiger partial charge in [-0.2, -0.15) is 0 Å². The molecule has 2 rings (SSSR count). The number of ether oxygens (including phenoxy) is 1.